The molecule has 0 saturated carbocycles. The lowest BCUT2D eigenvalue weighted by Gasteiger charge is -2.35. The Labute approximate surface area is 106 Å². The van der Waals surface area contributed by atoms with E-state index in [0.717, 1.165) is 0 Å². The number of nitrogens with two attached hydrogens (primary N) is 1. The Bertz CT molecular complexity index is 337. The molecule has 2 amide bonds. The van der Waals surface area contributed by atoms with Crippen LogP contribution in [0.15, 0.2) is 0 Å². The van der Waals surface area contributed by atoms with Crippen LogP contribution in [0.2, 0.25) is 0 Å². The third-order valence-electron chi connectivity index (χ3n) is 3.18. The Morgan fingerprint density at radius 3 is 2.56 bits per heavy atom. The maximum Gasteiger partial charge on any atom is 0.408 e. The number of rotatable bonds is 3. The Morgan fingerprint density at radius 1 is 1.56 bits per heavy atom. The standard InChI is InChI=1S/C11H20FN3O3/c1-7(2)11(13,14-10(17)18-3)9(16)15-5-4-8(12)6-15/h7-8H,4-6,13H2,1-3H3,(H,14,17)/t8-,11+/m1/s1. The fraction of sp³-hybridized carbons (Fsp3) is 0.818. The van der Waals surface area contributed by atoms with Gasteiger partial charge in [0.15, 0.2) is 5.66 Å². The highest BCUT2D eigenvalue weighted by molar-refractivity contribution is 5.89. The molecule has 2 atom stereocenters. The van der Waals surface area contributed by atoms with Crippen molar-refractivity contribution in [2.45, 2.75) is 32.1 Å². The maximum atomic E-state index is 13.1. The van der Waals surface area contributed by atoms with Crippen molar-refractivity contribution < 1.29 is 18.7 Å². The Morgan fingerprint density at radius 2 is 2.17 bits per heavy atom. The van der Waals surface area contributed by atoms with E-state index in [1.165, 1.54) is 12.0 Å². The lowest BCUT2D eigenvalue weighted by Crippen LogP contribution is -2.68. The molecule has 0 spiro atoms. The van der Waals surface area contributed by atoms with Crippen molar-refractivity contribution in [1.29, 1.82) is 0 Å². The van der Waals surface area contributed by atoms with Gasteiger partial charge in [-0.1, -0.05) is 13.8 Å². The molecule has 0 radical (unpaired) electrons. The highest BCUT2D eigenvalue weighted by atomic mass is 19.1. The zero-order valence-electron chi connectivity index (χ0n) is 10.9. The second-order valence-corrected chi connectivity index (χ2v) is 4.78. The van der Waals surface area contributed by atoms with Gasteiger partial charge in [-0.05, 0) is 12.3 Å². The van der Waals surface area contributed by atoms with Gasteiger partial charge >= 0.3 is 6.09 Å². The van der Waals surface area contributed by atoms with E-state index in [2.05, 4.69) is 10.1 Å². The van der Waals surface area contributed by atoms with E-state index in [4.69, 9.17) is 5.73 Å². The number of alkyl halides is 1. The molecule has 7 heteroatoms. The summed E-state index contributed by atoms with van der Waals surface area (Å²) in [4.78, 5) is 24.9. The molecule has 0 aromatic carbocycles. The quantitative estimate of drug-likeness (QED) is 0.712. The van der Waals surface area contributed by atoms with Crippen molar-refractivity contribution >= 4 is 12.0 Å². The third-order valence-corrected chi connectivity index (χ3v) is 3.18. The minimum atomic E-state index is -1.57. The van der Waals surface area contributed by atoms with E-state index in [1.54, 1.807) is 13.8 Å². The Kier molecular flexibility index (Phi) is 4.50. The number of carbonyl (C=O) groups excluding carboxylic acids is 2. The lowest BCUT2D eigenvalue weighted by molar-refractivity contribution is -0.139. The molecule has 0 bridgehead atoms. The van der Waals surface area contributed by atoms with E-state index in [9.17, 15) is 14.0 Å². The second kappa shape index (κ2) is 5.51. The number of carbonyl (C=O) groups is 2. The highest BCUT2D eigenvalue weighted by Crippen LogP contribution is 2.20. The van der Waals surface area contributed by atoms with Crippen LogP contribution < -0.4 is 11.1 Å². The fourth-order valence-corrected chi connectivity index (χ4v) is 1.83. The molecule has 3 N–H and O–H groups in total. The summed E-state index contributed by atoms with van der Waals surface area (Å²) >= 11 is 0. The SMILES string of the molecule is COC(=O)N[C@](N)(C(=O)N1CC[C@@H](F)C1)C(C)C. The van der Waals surface area contributed by atoms with Gasteiger partial charge in [-0.15, -0.1) is 0 Å². The number of hydrogen-bond acceptors (Lipinski definition) is 4. The molecule has 1 rings (SSSR count). The molecule has 0 aromatic heterocycles. The van der Waals surface area contributed by atoms with Crippen molar-refractivity contribution in [3.63, 3.8) is 0 Å². The van der Waals surface area contributed by atoms with Crippen LogP contribution in [0.25, 0.3) is 0 Å². The molecule has 1 heterocycles. The van der Waals surface area contributed by atoms with Crippen LogP contribution in [0, 0.1) is 5.92 Å². The van der Waals surface area contributed by atoms with Crippen LogP contribution in [0.4, 0.5) is 9.18 Å². The zero-order chi connectivity index (χ0) is 13.9. The number of amides is 2. The number of likely N-dealkylation sites (tertiary alicyclic amines) is 1. The topological polar surface area (TPSA) is 84.7 Å². The summed E-state index contributed by atoms with van der Waals surface area (Å²) in [6, 6.07) is 0. The first-order valence-electron chi connectivity index (χ1n) is 5.89. The van der Waals surface area contributed by atoms with E-state index >= 15 is 0 Å². The first-order chi connectivity index (χ1) is 8.31. The van der Waals surface area contributed by atoms with Crippen LogP contribution in [-0.4, -0.2) is 48.9 Å². The summed E-state index contributed by atoms with van der Waals surface area (Å²) in [7, 11) is 1.19. The normalized spacial score (nSPS) is 22.8. The van der Waals surface area contributed by atoms with Gasteiger partial charge in [-0.2, -0.15) is 0 Å². The van der Waals surface area contributed by atoms with E-state index in [1.807, 2.05) is 0 Å². The molecule has 0 aliphatic carbocycles. The van der Waals surface area contributed by atoms with Crippen LogP contribution >= 0.6 is 0 Å². The first-order valence-corrected chi connectivity index (χ1v) is 5.89. The lowest BCUT2D eigenvalue weighted by atomic mass is 9.95. The third kappa shape index (κ3) is 2.90. The van der Waals surface area contributed by atoms with Gasteiger partial charge in [-0.3, -0.25) is 10.1 Å². The largest absolute Gasteiger partial charge is 0.453 e. The van der Waals surface area contributed by atoms with Crippen molar-refractivity contribution in [3.8, 4) is 0 Å². The predicted molar refractivity (Wildman–Crippen MR) is 63.4 cm³/mol. The van der Waals surface area contributed by atoms with Gasteiger partial charge in [0.1, 0.15) is 6.17 Å². The summed E-state index contributed by atoms with van der Waals surface area (Å²) in [6.07, 6.45) is -1.50. The van der Waals surface area contributed by atoms with Crippen LogP contribution in [0.3, 0.4) is 0 Å². The van der Waals surface area contributed by atoms with Crippen LogP contribution in [-0.2, 0) is 9.53 Å². The van der Waals surface area contributed by atoms with E-state index in [0.29, 0.717) is 13.0 Å². The number of halogens is 1. The number of methoxy groups -OCH3 is 1. The average molecular weight is 261 g/mol. The summed E-state index contributed by atoms with van der Waals surface area (Å²) in [5.41, 5.74) is 4.39. The molecule has 104 valence electrons. The highest BCUT2D eigenvalue weighted by Gasteiger charge is 2.44. The smallest absolute Gasteiger partial charge is 0.408 e. The maximum absolute atomic E-state index is 13.1. The molecule has 18 heavy (non-hydrogen) atoms. The van der Waals surface area contributed by atoms with Crippen molar-refractivity contribution in [3.05, 3.63) is 0 Å². The molecule has 0 aromatic rings. The molecular formula is C11H20FN3O3. The van der Waals surface area contributed by atoms with Gasteiger partial charge in [0, 0.05) is 6.54 Å². The van der Waals surface area contributed by atoms with Gasteiger partial charge in [0.05, 0.1) is 13.7 Å². The number of nitrogens with one attached hydrogen (secondary N) is 1. The van der Waals surface area contributed by atoms with E-state index < -0.39 is 23.8 Å². The molecule has 1 fully saturated rings. The van der Waals surface area contributed by atoms with Gasteiger partial charge in [-0.25, -0.2) is 9.18 Å². The predicted octanol–water partition coefficient (Wildman–Crippen LogP) is 0.224. The summed E-state index contributed by atoms with van der Waals surface area (Å²) in [5.74, 6) is -0.828. The molecule has 1 aliphatic heterocycles. The minimum Gasteiger partial charge on any atom is -0.453 e. The first kappa shape index (κ1) is 14.7. The Balaban J connectivity index is 2.83. The molecule has 1 aliphatic rings. The van der Waals surface area contributed by atoms with Crippen LogP contribution in [0.5, 0.6) is 0 Å². The number of alkyl carbamates (subject to hydrolysis) is 1. The Hall–Kier alpha value is -1.37. The van der Waals surface area contributed by atoms with E-state index in [-0.39, 0.29) is 12.5 Å². The van der Waals surface area contributed by atoms with Gasteiger partial charge in [0.25, 0.3) is 5.91 Å². The number of nitrogens with zero attached hydrogens (tertiary/aromatic N) is 1. The van der Waals surface area contributed by atoms with Crippen molar-refractivity contribution in [1.82, 2.24) is 10.2 Å². The second-order valence-electron chi connectivity index (χ2n) is 4.78. The monoisotopic (exact) mass is 261 g/mol. The number of ether oxygens (including phenoxy) is 1. The molecule has 1 saturated heterocycles. The van der Waals surface area contributed by atoms with Crippen molar-refractivity contribution in [2.24, 2.45) is 11.7 Å². The fourth-order valence-electron chi connectivity index (χ4n) is 1.83. The molecule has 0 unspecified atom stereocenters. The summed E-state index contributed by atoms with van der Waals surface area (Å²) in [5, 5.41) is 2.34. The van der Waals surface area contributed by atoms with Gasteiger partial charge < -0.3 is 15.4 Å². The summed E-state index contributed by atoms with van der Waals surface area (Å²) in [6.45, 7) is 3.75. The molecular weight excluding hydrogens is 241 g/mol. The number of hydrogen-bond donors (Lipinski definition) is 2. The van der Waals surface area contributed by atoms with Crippen molar-refractivity contribution in [2.75, 3.05) is 20.2 Å². The van der Waals surface area contributed by atoms with Gasteiger partial charge in [0.2, 0.25) is 0 Å². The molecule has 6 nitrogen and oxygen atoms in total. The van der Waals surface area contributed by atoms with Crippen LogP contribution in [0.1, 0.15) is 20.3 Å². The average Bonchev–Trinajstić information content (AvgIpc) is 2.74. The summed E-state index contributed by atoms with van der Waals surface area (Å²) < 4.78 is 17.6. The zero-order valence-corrected chi connectivity index (χ0v) is 10.9. The minimum absolute atomic E-state index is 0.0212.